The van der Waals surface area contributed by atoms with Gasteiger partial charge >= 0.3 is 17.8 Å². The van der Waals surface area contributed by atoms with Crippen molar-refractivity contribution in [2.24, 2.45) is 0 Å². The van der Waals surface area contributed by atoms with Crippen molar-refractivity contribution >= 4 is 5.97 Å². The molecule has 1 N–H and O–H groups in total. The average molecular weight is 178 g/mol. The normalized spacial score (nSPS) is 13.2. The van der Waals surface area contributed by atoms with E-state index in [9.17, 15) is 26.7 Å². The topological polar surface area (TPSA) is 37.3 Å². The molecule has 2 nitrogen and oxygen atoms in total. The largest absolute Gasteiger partial charge is 0.477 e. The molecule has 66 valence electrons. The van der Waals surface area contributed by atoms with Crippen LogP contribution < -0.4 is 0 Å². The van der Waals surface area contributed by atoms with Crippen molar-refractivity contribution in [2.45, 2.75) is 11.8 Å². The Morgan fingerprint density at radius 1 is 1.27 bits per heavy atom. The van der Waals surface area contributed by atoms with E-state index in [0.29, 0.717) is 0 Å². The minimum Gasteiger partial charge on any atom is -0.477 e. The van der Waals surface area contributed by atoms with Gasteiger partial charge in [-0.05, 0) is 0 Å². The van der Waals surface area contributed by atoms with Crippen LogP contribution in [0.3, 0.4) is 0 Å². The summed E-state index contributed by atoms with van der Waals surface area (Å²) in [6, 6.07) is 0. The number of aliphatic carboxylic acids is 1. The average Bonchev–Trinajstić information content (AvgIpc) is 1.87. The molecule has 0 saturated carbocycles. The van der Waals surface area contributed by atoms with Crippen LogP contribution in [0.25, 0.3) is 0 Å². The highest BCUT2D eigenvalue weighted by molar-refractivity contribution is 5.76. The molecule has 0 unspecified atom stereocenters. The van der Waals surface area contributed by atoms with Crippen molar-refractivity contribution in [3.05, 3.63) is 0 Å². The predicted octanol–water partition coefficient (Wildman–Crippen LogP) is 1.31. The van der Waals surface area contributed by atoms with Crippen LogP contribution in [0.4, 0.5) is 22.0 Å². The van der Waals surface area contributed by atoms with E-state index in [1.807, 2.05) is 0 Å². The van der Waals surface area contributed by atoms with Crippen LogP contribution in [0.1, 0.15) is 0 Å². The van der Waals surface area contributed by atoms with Crippen LogP contribution in [0.15, 0.2) is 0 Å². The Kier molecular flexibility index (Phi) is 2.42. The van der Waals surface area contributed by atoms with Gasteiger partial charge in [-0.3, -0.25) is 0 Å². The molecule has 11 heavy (non-hydrogen) atoms. The lowest BCUT2D eigenvalue weighted by atomic mass is 10.2. The first-order valence-electron chi connectivity index (χ1n) is 2.30. The Morgan fingerprint density at radius 2 is 1.64 bits per heavy atom. The van der Waals surface area contributed by atoms with Gasteiger partial charge < -0.3 is 5.11 Å². The minimum absolute atomic E-state index is 2.70. The summed E-state index contributed by atoms with van der Waals surface area (Å²) in [4.78, 5) is 9.43. The molecule has 0 atom stereocenters. The SMILES string of the molecule is O=C(O)C(F)(F)C(F)(F)CF. The molecule has 0 fully saturated rings. The summed E-state index contributed by atoms with van der Waals surface area (Å²) in [6.45, 7) is -2.70. The molecule has 7 heteroatoms. The van der Waals surface area contributed by atoms with Crippen LogP contribution >= 0.6 is 0 Å². The highest BCUT2D eigenvalue weighted by atomic mass is 19.3. The maximum Gasteiger partial charge on any atom is 0.406 e. The molecular formula is C4H3F5O2. The molecule has 0 saturated heterocycles. The van der Waals surface area contributed by atoms with Gasteiger partial charge in [-0.2, -0.15) is 17.6 Å². The van der Waals surface area contributed by atoms with Gasteiger partial charge in [-0.25, -0.2) is 9.18 Å². The van der Waals surface area contributed by atoms with E-state index in [0.717, 1.165) is 0 Å². The molecule has 0 radical (unpaired) electrons. The molecule has 0 aromatic carbocycles. The summed E-state index contributed by atoms with van der Waals surface area (Å²) in [5.41, 5.74) is 0. The van der Waals surface area contributed by atoms with Gasteiger partial charge in [0.1, 0.15) is 0 Å². The maximum absolute atomic E-state index is 11.7. The fourth-order valence-corrected chi connectivity index (χ4v) is 0.240. The molecule has 0 amide bonds. The highest BCUT2D eigenvalue weighted by Gasteiger charge is 2.62. The van der Waals surface area contributed by atoms with Crippen molar-refractivity contribution < 1.29 is 31.9 Å². The highest BCUT2D eigenvalue weighted by Crippen LogP contribution is 2.34. The van der Waals surface area contributed by atoms with E-state index < -0.39 is 24.5 Å². The Labute approximate surface area is 57.6 Å². The number of alkyl halides is 5. The van der Waals surface area contributed by atoms with Gasteiger partial charge in [-0.1, -0.05) is 0 Å². The van der Waals surface area contributed by atoms with E-state index >= 15 is 0 Å². The maximum atomic E-state index is 11.7. The third-order valence-electron chi connectivity index (χ3n) is 0.896. The third kappa shape index (κ3) is 1.58. The summed E-state index contributed by atoms with van der Waals surface area (Å²) in [5.74, 6) is -13.5. The molecule has 0 aliphatic rings. The van der Waals surface area contributed by atoms with Crippen molar-refractivity contribution in [3.8, 4) is 0 Å². The summed E-state index contributed by atoms with van der Waals surface area (Å²) in [7, 11) is 0. The zero-order chi connectivity index (χ0) is 9.28. The van der Waals surface area contributed by atoms with Gasteiger partial charge in [0, 0.05) is 0 Å². The number of carboxylic acid groups (broad SMARTS) is 1. The lowest BCUT2D eigenvalue weighted by Crippen LogP contribution is -2.48. The Morgan fingerprint density at radius 3 is 1.73 bits per heavy atom. The number of hydrogen-bond donors (Lipinski definition) is 1. The van der Waals surface area contributed by atoms with Crippen molar-refractivity contribution in [1.82, 2.24) is 0 Å². The van der Waals surface area contributed by atoms with Crippen molar-refractivity contribution in [3.63, 3.8) is 0 Å². The van der Waals surface area contributed by atoms with Crippen LogP contribution in [-0.2, 0) is 4.79 Å². The molecule has 0 spiro atoms. The van der Waals surface area contributed by atoms with Gasteiger partial charge in [-0.15, -0.1) is 0 Å². The Hall–Kier alpha value is -0.880. The van der Waals surface area contributed by atoms with Crippen molar-refractivity contribution in [1.29, 1.82) is 0 Å². The van der Waals surface area contributed by atoms with Crippen LogP contribution in [-0.4, -0.2) is 29.6 Å². The zero-order valence-corrected chi connectivity index (χ0v) is 4.95. The number of hydrogen-bond acceptors (Lipinski definition) is 1. The monoisotopic (exact) mass is 178 g/mol. The molecule has 0 aliphatic carbocycles. The number of rotatable bonds is 3. The molecular weight excluding hydrogens is 175 g/mol. The first kappa shape index (κ1) is 10.1. The van der Waals surface area contributed by atoms with Gasteiger partial charge in [0.15, 0.2) is 6.67 Å². The fraction of sp³-hybridized carbons (Fsp3) is 0.750. The quantitative estimate of drug-likeness (QED) is 0.661. The number of carboxylic acids is 1. The fourth-order valence-electron chi connectivity index (χ4n) is 0.240. The second-order valence-electron chi connectivity index (χ2n) is 1.72. The molecule has 0 bridgehead atoms. The first-order valence-corrected chi connectivity index (χ1v) is 2.30. The standard InChI is InChI=1S/C4H3F5O2/c5-1-3(6,7)4(8,9)2(10)11/h1H2,(H,10,11). The smallest absolute Gasteiger partial charge is 0.406 e. The minimum atomic E-state index is -5.35. The third-order valence-corrected chi connectivity index (χ3v) is 0.896. The van der Waals surface area contributed by atoms with E-state index in [-0.39, 0.29) is 0 Å². The molecule has 0 heterocycles. The van der Waals surface area contributed by atoms with Gasteiger partial charge in [0.2, 0.25) is 0 Å². The summed E-state index contributed by atoms with van der Waals surface area (Å²) in [5, 5.41) is 7.51. The van der Waals surface area contributed by atoms with E-state index in [1.165, 1.54) is 0 Å². The summed E-state index contributed by atoms with van der Waals surface area (Å²) < 4.78 is 58.0. The second kappa shape index (κ2) is 2.63. The molecule has 0 aromatic rings. The Bertz CT molecular complexity index is 166. The van der Waals surface area contributed by atoms with Crippen LogP contribution in [0.5, 0.6) is 0 Å². The number of halogens is 5. The molecule has 0 rings (SSSR count). The lowest BCUT2D eigenvalue weighted by molar-refractivity contribution is -0.227. The van der Waals surface area contributed by atoms with E-state index in [2.05, 4.69) is 0 Å². The summed E-state index contributed by atoms with van der Waals surface area (Å²) in [6.07, 6.45) is 0. The van der Waals surface area contributed by atoms with E-state index in [4.69, 9.17) is 5.11 Å². The Balaban J connectivity index is 4.67. The number of carbonyl (C=O) groups is 1. The summed E-state index contributed by atoms with van der Waals surface area (Å²) >= 11 is 0. The zero-order valence-electron chi connectivity index (χ0n) is 4.95. The lowest BCUT2D eigenvalue weighted by Gasteiger charge is -2.19. The first-order chi connectivity index (χ1) is 4.75. The van der Waals surface area contributed by atoms with Gasteiger partial charge in [0.05, 0.1) is 0 Å². The molecule has 0 aliphatic heterocycles. The van der Waals surface area contributed by atoms with Crippen LogP contribution in [0.2, 0.25) is 0 Å². The van der Waals surface area contributed by atoms with Crippen LogP contribution in [0, 0.1) is 0 Å². The molecule has 0 aromatic heterocycles. The van der Waals surface area contributed by atoms with Gasteiger partial charge in [0.25, 0.3) is 0 Å². The predicted molar refractivity (Wildman–Crippen MR) is 23.5 cm³/mol. The van der Waals surface area contributed by atoms with Crippen molar-refractivity contribution in [2.75, 3.05) is 6.67 Å². The second-order valence-corrected chi connectivity index (χ2v) is 1.72. The van der Waals surface area contributed by atoms with E-state index in [1.54, 1.807) is 0 Å².